The fraction of sp³-hybridized carbons (Fsp3) is 0.294. The number of hydrogen-bond acceptors (Lipinski definition) is 4. The summed E-state index contributed by atoms with van der Waals surface area (Å²) in [6.45, 7) is 1.81. The Hall–Kier alpha value is -2.59. The van der Waals surface area contributed by atoms with E-state index in [0.717, 1.165) is 16.3 Å². The molecule has 0 atom stereocenters. The van der Waals surface area contributed by atoms with Crippen LogP contribution in [0.5, 0.6) is 0 Å². The van der Waals surface area contributed by atoms with Gasteiger partial charge in [-0.1, -0.05) is 29.3 Å². The minimum Gasteiger partial charge on any atom is -0.293 e. The lowest BCUT2D eigenvalue weighted by Gasteiger charge is -2.05. The highest BCUT2D eigenvalue weighted by Gasteiger charge is 2.34. The van der Waals surface area contributed by atoms with Gasteiger partial charge in [0.05, 0.1) is 6.54 Å². The van der Waals surface area contributed by atoms with E-state index >= 15 is 0 Å². The minimum absolute atomic E-state index is 0.00512. The fourth-order valence-corrected chi connectivity index (χ4v) is 2.99. The average molecular weight is 447 g/mol. The number of nitrogens with one attached hydrogen (secondary N) is 1. The van der Waals surface area contributed by atoms with Crippen LogP contribution in [0, 0.1) is 6.92 Å². The molecule has 7 nitrogen and oxygen atoms in total. The lowest BCUT2D eigenvalue weighted by molar-refractivity contribution is -0.141. The Morgan fingerprint density at radius 3 is 2.62 bits per heavy atom. The smallest absolute Gasteiger partial charge is 0.293 e. The maximum Gasteiger partial charge on any atom is 0.435 e. The number of carbonyl (C=O) groups excluding carboxylic acids is 1. The molecule has 2 aromatic heterocycles. The van der Waals surface area contributed by atoms with Gasteiger partial charge in [-0.25, -0.2) is 9.67 Å². The number of aromatic nitrogens is 5. The third kappa shape index (κ3) is 5.48. The summed E-state index contributed by atoms with van der Waals surface area (Å²) in [4.78, 5) is 16.0. The zero-order valence-electron chi connectivity index (χ0n) is 15.0. The van der Waals surface area contributed by atoms with Crippen molar-refractivity contribution in [1.82, 2.24) is 24.5 Å². The highest BCUT2D eigenvalue weighted by Crippen LogP contribution is 2.28. The van der Waals surface area contributed by atoms with Crippen LogP contribution >= 0.6 is 23.2 Å². The second-order valence-electron chi connectivity index (χ2n) is 6.19. The normalized spacial score (nSPS) is 11.7. The number of halogens is 5. The van der Waals surface area contributed by atoms with Gasteiger partial charge in [-0.05, 0) is 30.7 Å². The van der Waals surface area contributed by atoms with Gasteiger partial charge in [-0.2, -0.15) is 18.3 Å². The van der Waals surface area contributed by atoms with E-state index in [4.69, 9.17) is 23.2 Å². The molecule has 1 aromatic carbocycles. The van der Waals surface area contributed by atoms with Crippen LogP contribution in [-0.2, 0) is 24.1 Å². The molecular weight excluding hydrogens is 432 g/mol. The van der Waals surface area contributed by atoms with Gasteiger partial charge in [0.1, 0.15) is 6.33 Å². The molecule has 0 aliphatic rings. The van der Waals surface area contributed by atoms with Gasteiger partial charge >= 0.3 is 6.18 Å². The molecular formula is C17H15Cl2F3N6O. The van der Waals surface area contributed by atoms with Gasteiger partial charge in [0.25, 0.3) is 0 Å². The van der Waals surface area contributed by atoms with E-state index in [2.05, 4.69) is 20.5 Å². The fourth-order valence-electron chi connectivity index (χ4n) is 2.52. The van der Waals surface area contributed by atoms with E-state index < -0.39 is 17.8 Å². The number of nitrogens with zero attached hydrogens (tertiary/aromatic N) is 5. The quantitative estimate of drug-likeness (QED) is 0.615. The number of alkyl halides is 3. The van der Waals surface area contributed by atoms with E-state index in [0.29, 0.717) is 22.3 Å². The van der Waals surface area contributed by atoms with Crippen molar-refractivity contribution in [3.8, 4) is 0 Å². The van der Waals surface area contributed by atoms with Crippen LogP contribution in [0.15, 0.2) is 30.6 Å². The Morgan fingerprint density at radius 1 is 1.21 bits per heavy atom. The lowest BCUT2D eigenvalue weighted by Crippen LogP contribution is -2.17. The van der Waals surface area contributed by atoms with Crippen LogP contribution in [0.4, 0.5) is 19.1 Å². The van der Waals surface area contributed by atoms with Crippen molar-refractivity contribution < 1.29 is 18.0 Å². The zero-order valence-corrected chi connectivity index (χ0v) is 16.6. The highest BCUT2D eigenvalue weighted by atomic mass is 35.5. The van der Waals surface area contributed by atoms with Crippen LogP contribution in [0.1, 0.15) is 23.4 Å². The molecule has 3 aromatic rings. The summed E-state index contributed by atoms with van der Waals surface area (Å²) < 4.78 is 40.7. The van der Waals surface area contributed by atoms with Gasteiger partial charge in [0, 0.05) is 28.7 Å². The van der Waals surface area contributed by atoms with E-state index in [9.17, 15) is 18.0 Å². The standard InChI is InChI=1S/C17H15Cl2F3N6O/c1-10-6-14(17(20,21)22)25-28(10)5-4-15(29)24-16-23-9-27(26-16)8-11-2-3-12(18)7-13(11)19/h2-3,6-7,9H,4-5,8H2,1H3,(H,24,26,29). The third-order valence-electron chi connectivity index (χ3n) is 3.96. The molecule has 29 heavy (non-hydrogen) atoms. The van der Waals surface area contributed by atoms with Gasteiger partial charge in [0.15, 0.2) is 5.69 Å². The Kier molecular flexibility index (Phi) is 6.13. The van der Waals surface area contributed by atoms with Crippen LogP contribution in [0.25, 0.3) is 0 Å². The molecule has 1 amide bonds. The zero-order chi connectivity index (χ0) is 21.2. The highest BCUT2D eigenvalue weighted by molar-refractivity contribution is 6.35. The Balaban J connectivity index is 1.56. The topological polar surface area (TPSA) is 77.6 Å². The van der Waals surface area contributed by atoms with Crippen molar-refractivity contribution in [2.75, 3.05) is 5.32 Å². The number of anilines is 1. The molecule has 0 radical (unpaired) electrons. The number of hydrogen-bond donors (Lipinski definition) is 1. The summed E-state index contributed by atoms with van der Waals surface area (Å²) in [7, 11) is 0. The van der Waals surface area contributed by atoms with E-state index in [1.165, 1.54) is 17.9 Å². The summed E-state index contributed by atoms with van der Waals surface area (Å²) in [6.07, 6.45) is -3.19. The van der Waals surface area contributed by atoms with Gasteiger partial charge in [-0.3, -0.25) is 14.8 Å². The molecule has 0 spiro atoms. The Bertz CT molecular complexity index is 1030. The third-order valence-corrected chi connectivity index (χ3v) is 4.54. The van der Waals surface area contributed by atoms with Crippen LogP contribution in [-0.4, -0.2) is 30.5 Å². The summed E-state index contributed by atoms with van der Waals surface area (Å²) in [5, 5.41) is 11.1. The SMILES string of the molecule is Cc1cc(C(F)(F)F)nn1CCC(=O)Nc1ncn(Cc2ccc(Cl)cc2Cl)n1. The molecule has 154 valence electrons. The molecule has 2 heterocycles. The first-order chi connectivity index (χ1) is 13.6. The van der Waals surface area contributed by atoms with Crippen molar-refractivity contribution in [2.24, 2.45) is 0 Å². The number of amides is 1. The van der Waals surface area contributed by atoms with Crippen molar-refractivity contribution in [2.45, 2.75) is 32.6 Å². The van der Waals surface area contributed by atoms with E-state index in [-0.39, 0.29) is 18.9 Å². The number of carbonyl (C=O) groups is 1. The Labute approximate surface area is 173 Å². The van der Waals surface area contributed by atoms with Crippen molar-refractivity contribution in [3.05, 3.63) is 57.6 Å². The van der Waals surface area contributed by atoms with Crippen molar-refractivity contribution in [3.63, 3.8) is 0 Å². The lowest BCUT2D eigenvalue weighted by atomic mass is 10.2. The predicted molar refractivity (Wildman–Crippen MR) is 101 cm³/mol. The molecule has 0 unspecified atom stereocenters. The maximum atomic E-state index is 12.7. The molecule has 0 fully saturated rings. The molecule has 3 rings (SSSR count). The predicted octanol–water partition coefficient (Wildman–Crippen LogP) is 4.19. The molecule has 0 aliphatic carbocycles. The molecule has 0 aliphatic heterocycles. The van der Waals surface area contributed by atoms with E-state index in [1.807, 2.05) is 0 Å². The number of benzene rings is 1. The average Bonchev–Trinajstić information content (AvgIpc) is 3.22. The summed E-state index contributed by atoms with van der Waals surface area (Å²) >= 11 is 12.0. The first-order valence-corrected chi connectivity index (χ1v) is 9.12. The van der Waals surface area contributed by atoms with Gasteiger partial charge in [-0.15, -0.1) is 5.10 Å². The molecule has 12 heteroatoms. The molecule has 1 N–H and O–H groups in total. The van der Waals surface area contributed by atoms with Crippen LogP contribution in [0.3, 0.4) is 0 Å². The van der Waals surface area contributed by atoms with Crippen molar-refractivity contribution >= 4 is 35.1 Å². The van der Waals surface area contributed by atoms with Gasteiger partial charge < -0.3 is 0 Å². The summed E-state index contributed by atoms with van der Waals surface area (Å²) in [5.41, 5.74) is 0.0949. The monoisotopic (exact) mass is 446 g/mol. The molecule has 0 saturated carbocycles. The van der Waals surface area contributed by atoms with Gasteiger partial charge in [0.2, 0.25) is 11.9 Å². The minimum atomic E-state index is -4.53. The van der Waals surface area contributed by atoms with Crippen LogP contribution in [0.2, 0.25) is 10.0 Å². The summed E-state index contributed by atoms with van der Waals surface area (Å²) in [6, 6.07) is 6.00. The van der Waals surface area contributed by atoms with Crippen molar-refractivity contribution in [1.29, 1.82) is 0 Å². The first-order valence-electron chi connectivity index (χ1n) is 8.36. The summed E-state index contributed by atoms with van der Waals surface area (Å²) in [5.74, 6) is -0.371. The first kappa shape index (κ1) is 21.1. The number of aryl methyl sites for hydroxylation is 2. The van der Waals surface area contributed by atoms with Crippen LogP contribution < -0.4 is 5.32 Å². The molecule has 0 bridgehead atoms. The largest absolute Gasteiger partial charge is 0.435 e. The van der Waals surface area contributed by atoms with E-state index in [1.54, 1.807) is 18.2 Å². The Morgan fingerprint density at radius 2 is 1.97 bits per heavy atom. The second kappa shape index (κ2) is 8.42. The number of rotatable bonds is 6. The molecule has 0 saturated heterocycles. The second-order valence-corrected chi connectivity index (χ2v) is 7.04. The maximum absolute atomic E-state index is 12.7.